The molecular weight excluding hydrogens is 727 g/mol. The molecule has 0 saturated carbocycles. The van der Waals surface area contributed by atoms with Crippen molar-refractivity contribution < 1.29 is 46.1 Å². The zero-order valence-corrected chi connectivity index (χ0v) is 36.3. The van der Waals surface area contributed by atoms with E-state index in [1.54, 1.807) is 17.6 Å². The van der Waals surface area contributed by atoms with Gasteiger partial charge in [0.05, 0.1) is 0 Å². The summed E-state index contributed by atoms with van der Waals surface area (Å²) < 4.78 is 3.71. The van der Waals surface area contributed by atoms with Gasteiger partial charge in [-0.05, 0) is 0 Å². The second kappa shape index (κ2) is 14.6. The first-order valence-electron chi connectivity index (χ1n) is 18.0. The zero-order valence-electron chi connectivity index (χ0n) is 32.4. The maximum absolute atomic E-state index is 2.81. The van der Waals surface area contributed by atoms with E-state index in [0.29, 0.717) is 3.63 Å². The second-order valence-corrected chi connectivity index (χ2v) is 24.6. The van der Waals surface area contributed by atoms with Gasteiger partial charge < -0.3 is 24.8 Å². The first kappa shape index (κ1) is 40.5. The van der Waals surface area contributed by atoms with Gasteiger partial charge in [-0.1, -0.05) is 0 Å². The van der Waals surface area contributed by atoms with Crippen LogP contribution in [0.3, 0.4) is 0 Å². The molecule has 0 amide bonds. The predicted octanol–water partition coefficient (Wildman–Crippen LogP) is 6.69. The van der Waals surface area contributed by atoms with E-state index in [9.17, 15) is 0 Å². The number of halogens is 2. The van der Waals surface area contributed by atoms with E-state index in [0.717, 1.165) is 6.42 Å². The standard InChI is InChI=1S/C21H25.C21H26.C5H5.2ClH.Zr/c1-20(2,3)16-7-9-18-14(12-16)11-15-13-17(21(4,5)6)8-10-19(15)18;1-20(2,3)18-11-7-16(8-12-18)15-17-9-13-19(14-10-17)21(4,5)6;1-2-4-5-3-1;;;/h7-13H,1-6H3;7-14H,1-6H3;1-3H,4H2;2*1H;/q;;;;;+2/p-2. The van der Waals surface area contributed by atoms with Gasteiger partial charge in [0, 0.05) is 0 Å². The maximum Gasteiger partial charge on any atom is -1.00 e. The van der Waals surface area contributed by atoms with Crippen molar-refractivity contribution in [1.82, 2.24) is 0 Å². The first-order valence-corrected chi connectivity index (χ1v) is 21.8. The van der Waals surface area contributed by atoms with Gasteiger partial charge in [0.25, 0.3) is 0 Å². The van der Waals surface area contributed by atoms with E-state index < -0.39 is 21.3 Å². The Morgan fingerprint density at radius 3 is 1.18 bits per heavy atom. The van der Waals surface area contributed by atoms with Crippen LogP contribution in [0.25, 0.3) is 11.1 Å². The third-order valence-corrected chi connectivity index (χ3v) is 18.8. The van der Waals surface area contributed by atoms with Crippen LogP contribution < -0.4 is 24.8 Å². The molecular formula is C47H56Cl2Zr. The Kier molecular flexibility index (Phi) is 11.8. The molecule has 0 spiro atoms. The van der Waals surface area contributed by atoms with E-state index in [4.69, 9.17) is 0 Å². The van der Waals surface area contributed by atoms with Gasteiger partial charge in [0.15, 0.2) is 0 Å². The summed E-state index contributed by atoms with van der Waals surface area (Å²) in [5.41, 5.74) is 14.9. The summed E-state index contributed by atoms with van der Waals surface area (Å²) in [6.07, 6.45) is 8.29. The largest absolute Gasteiger partial charge is 1.00 e. The molecule has 4 aromatic carbocycles. The number of rotatable bonds is 4. The Morgan fingerprint density at radius 2 is 0.860 bits per heavy atom. The molecule has 0 nitrogen and oxygen atoms in total. The van der Waals surface area contributed by atoms with E-state index in [2.05, 4.69) is 186 Å². The van der Waals surface area contributed by atoms with Crippen LogP contribution in [0, 0.1) is 0 Å². The first-order chi connectivity index (χ1) is 22.3. The average Bonchev–Trinajstić information content (AvgIpc) is 3.64. The number of hydrogen-bond acceptors (Lipinski definition) is 0. The van der Waals surface area contributed by atoms with Crippen molar-refractivity contribution in [1.29, 1.82) is 0 Å². The van der Waals surface area contributed by atoms with Crippen LogP contribution in [0.1, 0.15) is 138 Å². The molecule has 2 aliphatic carbocycles. The number of allylic oxidation sites excluding steroid dienone is 4. The van der Waals surface area contributed by atoms with Gasteiger partial charge in [-0.25, -0.2) is 0 Å². The van der Waals surface area contributed by atoms with Gasteiger partial charge in [0.1, 0.15) is 0 Å². The van der Waals surface area contributed by atoms with E-state index in [1.807, 2.05) is 0 Å². The number of benzene rings is 4. The van der Waals surface area contributed by atoms with Crippen molar-refractivity contribution in [3.63, 3.8) is 0 Å². The molecule has 3 heteroatoms. The number of hydrogen-bond donors (Lipinski definition) is 0. The van der Waals surface area contributed by atoms with Gasteiger partial charge in [-0.2, -0.15) is 0 Å². The second-order valence-electron chi connectivity index (χ2n) is 18.3. The van der Waals surface area contributed by atoms with Crippen LogP contribution in [-0.4, -0.2) is 3.21 Å². The van der Waals surface area contributed by atoms with Gasteiger partial charge in [-0.3, -0.25) is 0 Å². The van der Waals surface area contributed by atoms with E-state index in [-0.39, 0.29) is 46.5 Å². The Labute approximate surface area is 323 Å². The van der Waals surface area contributed by atoms with Gasteiger partial charge >= 0.3 is 301 Å². The topological polar surface area (TPSA) is 0 Å². The Bertz CT molecular complexity index is 1820. The third kappa shape index (κ3) is 8.02. The fourth-order valence-corrected chi connectivity index (χ4v) is 16.4. The van der Waals surface area contributed by atoms with Crippen LogP contribution >= 0.6 is 0 Å². The number of fused-ring (bicyclic) bond motifs is 3. The summed E-state index contributed by atoms with van der Waals surface area (Å²) >= 11 is -2.81. The summed E-state index contributed by atoms with van der Waals surface area (Å²) in [7, 11) is 0. The van der Waals surface area contributed by atoms with Crippen LogP contribution in [-0.2, 0) is 42.9 Å². The van der Waals surface area contributed by atoms with Crippen molar-refractivity contribution in [3.05, 3.63) is 151 Å². The molecule has 0 bridgehead atoms. The zero-order chi connectivity index (χ0) is 34.8. The van der Waals surface area contributed by atoms with Crippen LogP contribution in [0.4, 0.5) is 0 Å². The molecule has 0 N–H and O–H groups in total. The smallest absolute Gasteiger partial charge is 1.00 e. The Hall–Kier alpha value is -2.31. The Morgan fingerprint density at radius 1 is 0.500 bits per heavy atom. The molecule has 0 aromatic heterocycles. The molecule has 0 heterocycles. The maximum atomic E-state index is 2.60. The van der Waals surface area contributed by atoms with Crippen molar-refractivity contribution in [3.8, 4) is 11.1 Å². The molecule has 0 atom stereocenters. The van der Waals surface area contributed by atoms with Crippen molar-refractivity contribution in [2.75, 3.05) is 0 Å². The SMILES string of the molecule is CC(C)(C)c1ccc([C](c2ccc(C(C)(C)C)cc2)=[Zr+2]([C]2=CC=CC2)[CH]2c3cc(C(C)(C)C)ccc3-c3ccc(C(C)(C)C)cc32)cc1.[Cl-].[Cl-]. The predicted molar refractivity (Wildman–Crippen MR) is 206 cm³/mol. The fraction of sp³-hybridized carbons (Fsp3) is 0.383. The molecule has 0 radical (unpaired) electrons. The summed E-state index contributed by atoms with van der Waals surface area (Å²) in [5.74, 6) is 0. The van der Waals surface area contributed by atoms with E-state index >= 15 is 0 Å². The molecule has 6 rings (SSSR count). The normalized spacial score (nSPS) is 14.2. The van der Waals surface area contributed by atoms with Crippen molar-refractivity contribution in [2.45, 2.75) is 115 Å². The summed E-state index contributed by atoms with van der Waals surface area (Å²) in [6.45, 7) is 28.1. The molecule has 0 unspecified atom stereocenters. The van der Waals surface area contributed by atoms with Gasteiger partial charge in [-0.15, -0.1) is 0 Å². The Balaban J connectivity index is 0.00000281. The summed E-state index contributed by atoms with van der Waals surface area (Å²) in [4.78, 5) is 0. The van der Waals surface area contributed by atoms with Gasteiger partial charge in [0.2, 0.25) is 0 Å². The average molecular weight is 783 g/mol. The third-order valence-electron chi connectivity index (χ3n) is 10.5. The summed E-state index contributed by atoms with van der Waals surface area (Å²) in [6, 6.07) is 34.3. The van der Waals surface area contributed by atoms with E-state index in [1.165, 1.54) is 44.5 Å². The molecule has 4 aromatic rings. The minimum atomic E-state index is -2.81. The molecule has 50 heavy (non-hydrogen) atoms. The van der Waals surface area contributed by atoms with Crippen LogP contribution in [0.2, 0.25) is 0 Å². The summed E-state index contributed by atoms with van der Waals surface area (Å²) in [5, 5.41) is 0. The van der Waals surface area contributed by atoms with Crippen LogP contribution in [0.15, 0.2) is 106 Å². The van der Waals surface area contributed by atoms with Crippen molar-refractivity contribution >= 4 is 3.21 Å². The van der Waals surface area contributed by atoms with Crippen LogP contribution in [0.5, 0.6) is 0 Å². The molecule has 262 valence electrons. The quantitative estimate of drug-likeness (QED) is 0.217. The van der Waals surface area contributed by atoms with Crippen molar-refractivity contribution in [2.24, 2.45) is 0 Å². The molecule has 0 fully saturated rings. The molecule has 0 aliphatic heterocycles. The minimum Gasteiger partial charge on any atom is -1.00 e. The molecule has 0 saturated heterocycles. The fourth-order valence-electron chi connectivity index (χ4n) is 7.39. The minimum absolute atomic E-state index is 0. The monoisotopic (exact) mass is 780 g/mol. The molecule has 2 aliphatic rings.